The van der Waals surface area contributed by atoms with Crippen molar-refractivity contribution in [2.24, 2.45) is 23.7 Å². The van der Waals surface area contributed by atoms with Crippen molar-refractivity contribution in [3.05, 3.63) is 53.6 Å². The van der Waals surface area contributed by atoms with Crippen molar-refractivity contribution in [1.82, 2.24) is 0 Å². The zero-order chi connectivity index (χ0) is 52.4. The van der Waals surface area contributed by atoms with Gasteiger partial charge >= 0.3 is 0 Å². The number of aliphatic hydroxyl groups is 1. The zero-order valence-corrected chi connectivity index (χ0v) is 49.3. The summed E-state index contributed by atoms with van der Waals surface area (Å²) >= 11 is 0. The number of hydrogen-bond acceptors (Lipinski definition) is 11. The van der Waals surface area contributed by atoms with E-state index in [1.165, 1.54) is 0 Å². The van der Waals surface area contributed by atoms with Crippen LogP contribution in [0.2, 0.25) is 36.3 Å². The first-order chi connectivity index (χ1) is 32.6. The summed E-state index contributed by atoms with van der Waals surface area (Å²) < 4.78 is 59.1. The van der Waals surface area contributed by atoms with Crippen LogP contribution in [0.5, 0.6) is 5.75 Å². The van der Waals surface area contributed by atoms with Gasteiger partial charge in [0, 0.05) is 56.8 Å². The van der Waals surface area contributed by atoms with E-state index in [0.29, 0.717) is 31.3 Å². The predicted molar refractivity (Wildman–Crippen MR) is 287 cm³/mol. The molecule has 2 saturated heterocycles. The van der Waals surface area contributed by atoms with Gasteiger partial charge in [0.15, 0.2) is 22.9 Å². The number of rotatable bonds is 25. The minimum absolute atomic E-state index is 0.00136. The fourth-order valence-electron chi connectivity index (χ4n) is 10.1. The van der Waals surface area contributed by atoms with Gasteiger partial charge in [0.25, 0.3) is 0 Å². The van der Waals surface area contributed by atoms with E-state index in [9.17, 15) is 9.90 Å². The van der Waals surface area contributed by atoms with Gasteiger partial charge in [0.1, 0.15) is 12.0 Å². The van der Waals surface area contributed by atoms with Crippen LogP contribution in [0.1, 0.15) is 153 Å². The second kappa shape index (κ2) is 26.6. The maximum atomic E-state index is 12.6. The van der Waals surface area contributed by atoms with Crippen molar-refractivity contribution in [2.45, 2.75) is 251 Å². The van der Waals surface area contributed by atoms with Gasteiger partial charge in [-0.15, -0.1) is 0 Å². The summed E-state index contributed by atoms with van der Waals surface area (Å²) in [4.78, 5) is 11.5. The SMILES string of the molecule is COc1ccc(C2OC([C@H](C)[C@H](CC3CC=C[C@@H](C[C@H](C/C=C(\C)C=O)O[Si](C)(C)C(C)(C)C)O3)OC)C[C@H]([C@H](C)[C@H](O)[C@@H](C)[C@@H](O[Si](C)(C)C(C)(C)C)[C@@H](C)CC[C@H]3CC(OC)C[C@H](C)O3)O2)cc1. The Kier molecular flexibility index (Phi) is 23.1. The van der Waals surface area contributed by atoms with Crippen LogP contribution in [0.4, 0.5) is 0 Å². The van der Waals surface area contributed by atoms with Crippen LogP contribution in [0, 0.1) is 23.7 Å². The van der Waals surface area contributed by atoms with Crippen molar-refractivity contribution in [3.8, 4) is 5.75 Å². The quantitative estimate of drug-likeness (QED) is 0.0436. The summed E-state index contributed by atoms with van der Waals surface area (Å²) in [6.45, 7) is 35.6. The molecule has 0 saturated carbocycles. The maximum absolute atomic E-state index is 12.6. The van der Waals surface area contributed by atoms with E-state index in [-0.39, 0.29) is 94.8 Å². The fourth-order valence-corrected chi connectivity index (χ4v) is 12.9. The van der Waals surface area contributed by atoms with E-state index in [4.69, 9.17) is 42.0 Å². The number of carbonyl (C=O) groups excluding carboxylic acids is 1. The number of hydrogen-bond donors (Lipinski definition) is 1. The van der Waals surface area contributed by atoms with Crippen LogP contribution >= 0.6 is 0 Å². The van der Waals surface area contributed by atoms with Gasteiger partial charge in [-0.05, 0) is 112 Å². The third-order valence-electron chi connectivity index (χ3n) is 17.0. The van der Waals surface area contributed by atoms with Gasteiger partial charge in [-0.25, -0.2) is 0 Å². The lowest BCUT2D eigenvalue weighted by atomic mass is 9.78. The highest BCUT2D eigenvalue weighted by Crippen LogP contribution is 2.44. The Balaban J connectivity index is 1.56. The number of aldehydes is 1. The van der Waals surface area contributed by atoms with Crippen molar-refractivity contribution >= 4 is 22.9 Å². The van der Waals surface area contributed by atoms with Gasteiger partial charge in [0.05, 0.1) is 74.3 Å². The van der Waals surface area contributed by atoms with Gasteiger partial charge < -0.3 is 47.1 Å². The number of benzene rings is 1. The van der Waals surface area contributed by atoms with Crippen molar-refractivity contribution < 1.29 is 51.9 Å². The molecule has 0 amide bonds. The van der Waals surface area contributed by atoms with Gasteiger partial charge in [-0.2, -0.15) is 0 Å². The third kappa shape index (κ3) is 17.1. The molecule has 4 rings (SSSR count). The number of allylic oxidation sites excluding steroid dienone is 1. The topological polar surface area (TPSA) is 120 Å². The van der Waals surface area contributed by atoms with Crippen LogP contribution in [0.25, 0.3) is 0 Å². The fraction of sp³-hybridized carbons (Fsp3) is 0.807. The molecule has 2 fully saturated rings. The average molecular weight is 1020 g/mol. The highest BCUT2D eigenvalue weighted by molar-refractivity contribution is 6.74. The largest absolute Gasteiger partial charge is 0.497 e. The second-order valence-electron chi connectivity index (χ2n) is 24.6. The molecule has 0 bridgehead atoms. The summed E-state index contributed by atoms with van der Waals surface area (Å²) in [6.07, 6.45) is 12.4. The van der Waals surface area contributed by atoms with Crippen molar-refractivity contribution in [3.63, 3.8) is 0 Å². The molecule has 1 N–H and O–H groups in total. The van der Waals surface area contributed by atoms with Gasteiger partial charge in [-0.3, -0.25) is 4.79 Å². The number of methoxy groups -OCH3 is 3. The van der Waals surface area contributed by atoms with E-state index in [1.54, 1.807) is 21.3 Å². The molecule has 0 aromatic heterocycles. The summed E-state index contributed by atoms with van der Waals surface area (Å²) in [5.41, 5.74) is 1.61. The molecule has 13 heteroatoms. The summed E-state index contributed by atoms with van der Waals surface area (Å²) in [7, 11) is 0.913. The Hall–Kier alpha value is -1.76. The Morgan fingerprint density at radius 2 is 1.43 bits per heavy atom. The van der Waals surface area contributed by atoms with Gasteiger partial charge in [0.2, 0.25) is 0 Å². The van der Waals surface area contributed by atoms with Crippen LogP contribution in [0.3, 0.4) is 0 Å². The first-order valence-electron chi connectivity index (χ1n) is 26.8. The highest BCUT2D eigenvalue weighted by Gasteiger charge is 2.47. The normalized spacial score (nSPS) is 28.8. The molecule has 16 atom stereocenters. The summed E-state index contributed by atoms with van der Waals surface area (Å²) in [5.74, 6) is 0.494. The Morgan fingerprint density at radius 3 is 2.00 bits per heavy atom. The average Bonchev–Trinajstić information content (AvgIpc) is 3.31. The Labute approximate surface area is 428 Å². The van der Waals surface area contributed by atoms with Gasteiger partial charge in [-0.1, -0.05) is 99.6 Å². The highest BCUT2D eigenvalue weighted by atomic mass is 28.4. The van der Waals surface area contributed by atoms with Crippen LogP contribution in [0.15, 0.2) is 48.1 Å². The third-order valence-corrected chi connectivity index (χ3v) is 26.0. The van der Waals surface area contributed by atoms with E-state index >= 15 is 0 Å². The molecular formula is C57H100O11Si2. The molecule has 4 unspecified atom stereocenters. The molecule has 3 heterocycles. The summed E-state index contributed by atoms with van der Waals surface area (Å²) in [6, 6.07) is 7.88. The molecule has 70 heavy (non-hydrogen) atoms. The maximum Gasteiger partial charge on any atom is 0.192 e. The number of carbonyl (C=O) groups is 1. The molecule has 0 aliphatic carbocycles. The monoisotopic (exact) mass is 1020 g/mol. The van der Waals surface area contributed by atoms with E-state index in [1.807, 2.05) is 37.3 Å². The lowest BCUT2D eigenvalue weighted by Crippen LogP contribution is -2.52. The second-order valence-corrected chi connectivity index (χ2v) is 34.1. The standard InChI is InChI=1S/C57H100O11Si2/c1-37(36-58)23-27-48(67-69(16,17)56(7,8)9)32-45-21-20-22-46(64-45)34-50(62-15)40(4)51-35-52(66-55(65-51)43-25-29-44(60-13)30-26-43)41(5)53(59)42(6)54(68-70(18,19)57(10,11)12)38(2)24-28-47-33-49(61-14)31-39(3)63-47/h20-21,23,25-26,29-30,36,38-42,45-55,59H,22,24,27-28,31-35H2,1-19H3/b37-23+/t38-,39-,40+,41-,42+,45-,46?,47-,48-,49?,50-,51?,52+,53-,54-,55?/m0/s1. The minimum atomic E-state index is -2.24. The molecule has 1 aromatic carbocycles. The van der Waals surface area contributed by atoms with E-state index < -0.39 is 29.0 Å². The van der Waals surface area contributed by atoms with E-state index in [2.05, 4.69) is 115 Å². The molecule has 0 spiro atoms. The van der Waals surface area contributed by atoms with Crippen LogP contribution < -0.4 is 4.74 Å². The molecule has 3 aliphatic rings. The molecule has 1 aromatic rings. The first-order valence-corrected chi connectivity index (χ1v) is 32.6. The van der Waals surface area contributed by atoms with Crippen molar-refractivity contribution in [2.75, 3.05) is 21.3 Å². The van der Waals surface area contributed by atoms with E-state index in [0.717, 1.165) is 49.7 Å². The number of ether oxygens (including phenoxy) is 7. The van der Waals surface area contributed by atoms with Crippen LogP contribution in [-0.2, 0) is 42.1 Å². The predicted octanol–water partition coefficient (Wildman–Crippen LogP) is 13.0. The molecule has 402 valence electrons. The summed E-state index contributed by atoms with van der Waals surface area (Å²) in [5, 5.41) is 12.7. The molecule has 11 nitrogen and oxygen atoms in total. The Bertz CT molecular complexity index is 1770. The lowest BCUT2D eigenvalue weighted by molar-refractivity contribution is -0.278. The lowest BCUT2D eigenvalue weighted by Gasteiger charge is -2.47. The molecule has 0 radical (unpaired) electrons. The Morgan fingerprint density at radius 1 is 0.814 bits per heavy atom. The molecule has 3 aliphatic heterocycles. The van der Waals surface area contributed by atoms with Crippen molar-refractivity contribution in [1.29, 1.82) is 0 Å². The molecular weight excluding hydrogens is 917 g/mol. The van der Waals surface area contributed by atoms with Crippen LogP contribution in [-0.4, -0.2) is 117 Å². The minimum Gasteiger partial charge on any atom is -0.497 e. The first kappa shape index (κ1) is 60.8. The zero-order valence-electron chi connectivity index (χ0n) is 47.3. The number of aliphatic hydroxyl groups excluding tert-OH is 1. The smallest absolute Gasteiger partial charge is 0.192 e.